The van der Waals surface area contributed by atoms with Crippen LogP contribution in [0.15, 0.2) is 60.7 Å². The molecule has 2 fully saturated rings. The molecule has 2 aliphatic rings. The average Bonchev–Trinajstić information content (AvgIpc) is 3.21. The number of aliphatic hydroxyl groups is 1. The van der Waals surface area contributed by atoms with Crippen LogP contribution in [-0.2, 0) is 16.9 Å². The van der Waals surface area contributed by atoms with E-state index in [1.807, 2.05) is 51.2 Å². The largest absolute Gasteiger partial charge is 0.375 e. The van der Waals surface area contributed by atoms with Crippen LogP contribution in [-0.4, -0.2) is 47.5 Å². The van der Waals surface area contributed by atoms with Crippen LogP contribution in [0, 0.1) is 23.7 Å². The van der Waals surface area contributed by atoms with E-state index < -0.39 is 5.60 Å². The van der Waals surface area contributed by atoms with Crippen molar-refractivity contribution in [1.29, 1.82) is 0 Å². The summed E-state index contributed by atoms with van der Waals surface area (Å²) < 4.78 is 0. The minimum atomic E-state index is -1.46. The Labute approximate surface area is 180 Å². The zero-order valence-corrected chi connectivity index (χ0v) is 18.4. The predicted octanol–water partition coefficient (Wildman–Crippen LogP) is 3.76. The number of piperidine rings is 1. The molecular weight excluding hydrogens is 372 g/mol. The van der Waals surface area contributed by atoms with Gasteiger partial charge in [-0.2, -0.15) is 0 Å². The highest BCUT2D eigenvalue weighted by Gasteiger charge is 2.56. The van der Waals surface area contributed by atoms with Crippen molar-refractivity contribution in [3.63, 3.8) is 0 Å². The average molecular weight is 407 g/mol. The van der Waals surface area contributed by atoms with Gasteiger partial charge in [-0.1, -0.05) is 74.5 Å². The fourth-order valence-electron chi connectivity index (χ4n) is 5.27. The van der Waals surface area contributed by atoms with Gasteiger partial charge in [-0.3, -0.25) is 9.69 Å². The number of hydrogen-bond donors (Lipinski definition) is 1. The number of carbonyl (C=O) groups is 1. The number of likely N-dealkylation sites (N-methyl/N-ethyl adjacent to an activating group) is 1. The quantitative estimate of drug-likeness (QED) is 0.726. The smallest absolute Gasteiger partial charge is 0.259 e. The van der Waals surface area contributed by atoms with E-state index in [9.17, 15) is 9.90 Å². The van der Waals surface area contributed by atoms with Crippen LogP contribution in [0.3, 0.4) is 0 Å². The molecule has 0 aromatic heterocycles. The first-order valence-electron chi connectivity index (χ1n) is 11.2. The molecule has 1 amide bonds. The second-order valence-electron chi connectivity index (χ2n) is 9.30. The molecule has 1 N–H and O–H groups in total. The molecule has 0 spiro atoms. The molecule has 4 rings (SSSR count). The van der Waals surface area contributed by atoms with E-state index in [0.717, 1.165) is 32.6 Å². The maximum atomic E-state index is 13.4. The first-order valence-corrected chi connectivity index (χ1v) is 11.2. The van der Waals surface area contributed by atoms with Crippen LogP contribution in [0.5, 0.6) is 0 Å². The van der Waals surface area contributed by atoms with Crippen LogP contribution < -0.4 is 0 Å². The molecule has 4 heteroatoms. The SMILES string of the molecule is CCC(C)[C@@](O)(C(=O)N(C)CC1[C@H]2CN(Cc3ccccc3)C[C@@H]12)c1ccccc1. The van der Waals surface area contributed by atoms with E-state index in [2.05, 4.69) is 35.2 Å². The second-order valence-corrected chi connectivity index (χ2v) is 9.30. The van der Waals surface area contributed by atoms with E-state index in [4.69, 9.17) is 0 Å². The molecule has 30 heavy (non-hydrogen) atoms. The second kappa shape index (κ2) is 8.52. The third kappa shape index (κ3) is 3.91. The summed E-state index contributed by atoms with van der Waals surface area (Å²) in [6.07, 6.45) is 0.744. The van der Waals surface area contributed by atoms with Gasteiger partial charge in [0.05, 0.1) is 0 Å². The van der Waals surface area contributed by atoms with E-state index in [1.54, 1.807) is 4.90 Å². The van der Waals surface area contributed by atoms with Gasteiger partial charge in [0.15, 0.2) is 5.60 Å². The van der Waals surface area contributed by atoms with Crippen LogP contribution in [0.2, 0.25) is 0 Å². The summed E-state index contributed by atoms with van der Waals surface area (Å²) in [5.74, 6) is 1.60. The molecular formula is C26H34N2O2. The summed E-state index contributed by atoms with van der Waals surface area (Å²) in [6, 6.07) is 20.1. The Bertz CT molecular complexity index is 844. The van der Waals surface area contributed by atoms with Gasteiger partial charge in [0, 0.05) is 33.2 Å². The van der Waals surface area contributed by atoms with Gasteiger partial charge in [-0.05, 0) is 41.2 Å². The topological polar surface area (TPSA) is 43.8 Å². The van der Waals surface area contributed by atoms with E-state index in [0.29, 0.717) is 23.3 Å². The number of carbonyl (C=O) groups excluding carboxylic acids is 1. The van der Waals surface area contributed by atoms with Crippen molar-refractivity contribution in [2.45, 2.75) is 32.4 Å². The van der Waals surface area contributed by atoms with E-state index in [1.165, 1.54) is 5.56 Å². The summed E-state index contributed by atoms with van der Waals surface area (Å²) in [7, 11) is 1.86. The van der Waals surface area contributed by atoms with Gasteiger partial charge in [0.2, 0.25) is 0 Å². The van der Waals surface area contributed by atoms with Gasteiger partial charge in [0.25, 0.3) is 5.91 Å². The summed E-state index contributed by atoms with van der Waals surface area (Å²) >= 11 is 0. The van der Waals surface area contributed by atoms with E-state index >= 15 is 0 Å². The van der Waals surface area contributed by atoms with Crippen molar-refractivity contribution in [2.75, 3.05) is 26.7 Å². The lowest BCUT2D eigenvalue weighted by Gasteiger charge is -2.36. The molecule has 5 atom stereocenters. The molecule has 1 aliphatic carbocycles. The Balaban J connectivity index is 1.36. The fraction of sp³-hybridized carbons (Fsp3) is 0.500. The highest BCUT2D eigenvalue weighted by Crippen LogP contribution is 2.52. The van der Waals surface area contributed by atoms with Crippen molar-refractivity contribution >= 4 is 5.91 Å². The van der Waals surface area contributed by atoms with Crippen LogP contribution >= 0.6 is 0 Å². The van der Waals surface area contributed by atoms with Gasteiger partial charge >= 0.3 is 0 Å². The summed E-state index contributed by atoms with van der Waals surface area (Å²) in [6.45, 7) is 7.96. The zero-order valence-electron chi connectivity index (χ0n) is 18.4. The lowest BCUT2D eigenvalue weighted by Crippen LogP contribution is -2.50. The van der Waals surface area contributed by atoms with Crippen LogP contribution in [0.4, 0.5) is 0 Å². The van der Waals surface area contributed by atoms with Crippen molar-refractivity contribution in [3.05, 3.63) is 71.8 Å². The number of hydrogen-bond acceptors (Lipinski definition) is 3. The minimum absolute atomic E-state index is 0.144. The molecule has 1 heterocycles. The monoisotopic (exact) mass is 406 g/mol. The summed E-state index contributed by atoms with van der Waals surface area (Å²) in [5.41, 5.74) is 0.596. The Kier molecular flexibility index (Phi) is 5.99. The van der Waals surface area contributed by atoms with Crippen molar-refractivity contribution < 1.29 is 9.90 Å². The molecule has 1 saturated heterocycles. The number of likely N-dealkylation sites (tertiary alicyclic amines) is 1. The van der Waals surface area contributed by atoms with Gasteiger partial charge in [-0.25, -0.2) is 0 Å². The highest BCUT2D eigenvalue weighted by atomic mass is 16.3. The van der Waals surface area contributed by atoms with Crippen LogP contribution in [0.25, 0.3) is 0 Å². The summed E-state index contributed by atoms with van der Waals surface area (Å²) in [5, 5.41) is 11.5. The first kappa shape index (κ1) is 21.1. The lowest BCUT2D eigenvalue weighted by molar-refractivity contribution is -0.157. The molecule has 2 unspecified atom stereocenters. The van der Waals surface area contributed by atoms with Gasteiger partial charge in [0.1, 0.15) is 0 Å². The molecule has 1 aliphatic heterocycles. The maximum absolute atomic E-state index is 13.4. The van der Waals surface area contributed by atoms with Crippen LogP contribution in [0.1, 0.15) is 31.4 Å². The maximum Gasteiger partial charge on any atom is 0.259 e. The van der Waals surface area contributed by atoms with Crippen molar-refractivity contribution in [2.24, 2.45) is 23.7 Å². The number of amides is 1. The van der Waals surface area contributed by atoms with Gasteiger partial charge in [-0.15, -0.1) is 0 Å². The summed E-state index contributed by atoms with van der Waals surface area (Å²) in [4.78, 5) is 17.7. The Hall–Kier alpha value is -2.17. The van der Waals surface area contributed by atoms with E-state index in [-0.39, 0.29) is 11.8 Å². The van der Waals surface area contributed by atoms with Gasteiger partial charge < -0.3 is 10.0 Å². The van der Waals surface area contributed by atoms with Crippen molar-refractivity contribution in [1.82, 2.24) is 9.80 Å². The number of nitrogens with zero attached hydrogens (tertiary/aromatic N) is 2. The lowest BCUT2D eigenvalue weighted by atomic mass is 9.79. The zero-order chi connectivity index (χ0) is 21.3. The fourth-order valence-corrected chi connectivity index (χ4v) is 5.27. The Morgan fingerprint density at radius 1 is 1.10 bits per heavy atom. The molecule has 1 saturated carbocycles. The molecule has 2 aromatic carbocycles. The van der Waals surface area contributed by atoms with Crippen molar-refractivity contribution in [3.8, 4) is 0 Å². The first-order chi connectivity index (χ1) is 14.4. The molecule has 160 valence electrons. The normalized spacial score (nSPS) is 25.9. The molecule has 2 aromatic rings. The standard InChI is InChI=1S/C26H34N2O2/c1-4-19(2)26(30,21-13-9-6-10-14-21)25(29)27(3)16-22-23-17-28(18-24(22)23)15-20-11-7-5-8-12-20/h5-14,19,22-24,30H,4,15-18H2,1-3H3/t19?,22?,23-,24+,26-/m0/s1. The third-order valence-electron chi connectivity index (χ3n) is 7.39. The predicted molar refractivity (Wildman–Crippen MR) is 120 cm³/mol. The highest BCUT2D eigenvalue weighted by molar-refractivity contribution is 5.86. The Morgan fingerprint density at radius 3 is 2.23 bits per heavy atom. The number of benzene rings is 2. The molecule has 4 nitrogen and oxygen atoms in total. The third-order valence-corrected chi connectivity index (χ3v) is 7.39. The molecule has 0 bridgehead atoms. The Morgan fingerprint density at radius 2 is 1.67 bits per heavy atom. The number of fused-ring (bicyclic) bond motifs is 1. The number of rotatable bonds is 8. The molecule has 0 radical (unpaired) electrons. The minimum Gasteiger partial charge on any atom is -0.375 e.